The Morgan fingerprint density at radius 2 is 1.64 bits per heavy atom. The second-order valence-electron chi connectivity index (χ2n) is 6.84. The van der Waals surface area contributed by atoms with Crippen LogP contribution in [-0.2, 0) is 19.6 Å². The summed E-state index contributed by atoms with van der Waals surface area (Å²) >= 11 is 0. The van der Waals surface area contributed by atoms with E-state index in [0.717, 1.165) is 36.7 Å². The van der Waals surface area contributed by atoms with Gasteiger partial charge in [0.15, 0.2) is 0 Å². The molecule has 0 unspecified atom stereocenters. The second-order valence-corrected chi connectivity index (χ2v) is 8.61. The number of likely N-dealkylation sites (tertiary alicyclic amines) is 1. The highest BCUT2D eigenvalue weighted by Gasteiger charge is 2.18. The number of hydrogen-bond acceptors (Lipinski definition) is 4. The first kappa shape index (κ1) is 20.3. The lowest BCUT2D eigenvalue weighted by Crippen LogP contribution is -2.34. The van der Waals surface area contributed by atoms with Crippen LogP contribution >= 0.6 is 0 Å². The quantitative estimate of drug-likeness (QED) is 0.700. The molecule has 2 amide bonds. The molecule has 2 aromatic rings. The van der Waals surface area contributed by atoms with Crippen LogP contribution < -0.4 is 10.0 Å². The van der Waals surface area contributed by atoms with Crippen LogP contribution in [0.5, 0.6) is 0 Å². The predicted octanol–water partition coefficient (Wildman–Crippen LogP) is 1.64. The number of carbonyl (C=O) groups is 2. The fraction of sp³-hybridized carbons (Fsp3) is 0.400. The standard InChI is InChI=1S/C20H25N3O4S/c24-19(21-11-10-20(25)23-13-3-4-14-23)9-12-22-28(26,27)18-8-7-16-5-1-2-6-17(16)15-18/h1-2,5-8,15,22H,3-4,9-14H2,(H,21,24). The molecule has 7 nitrogen and oxygen atoms in total. The van der Waals surface area contributed by atoms with Crippen molar-refractivity contribution in [2.75, 3.05) is 26.2 Å². The lowest BCUT2D eigenvalue weighted by Gasteiger charge is -2.15. The fourth-order valence-corrected chi connectivity index (χ4v) is 4.31. The maximum atomic E-state index is 12.4. The van der Waals surface area contributed by atoms with Crippen molar-refractivity contribution in [1.29, 1.82) is 0 Å². The van der Waals surface area contributed by atoms with Crippen molar-refractivity contribution in [2.24, 2.45) is 0 Å². The third-order valence-corrected chi connectivity index (χ3v) is 6.25. The molecule has 0 radical (unpaired) electrons. The topological polar surface area (TPSA) is 95.6 Å². The van der Waals surface area contributed by atoms with E-state index in [4.69, 9.17) is 0 Å². The van der Waals surface area contributed by atoms with E-state index in [2.05, 4.69) is 10.0 Å². The van der Waals surface area contributed by atoms with Crippen molar-refractivity contribution >= 4 is 32.6 Å². The van der Waals surface area contributed by atoms with E-state index in [9.17, 15) is 18.0 Å². The summed E-state index contributed by atoms with van der Waals surface area (Å²) in [6.45, 7) is 1.86. The van der Waals surface area contributed by atoms with Crippen molar-refractivity contribution in [3.8, 4) is 0 Å². The molecule has 0 bridgehead atoms. The number of nitrogens with zero attached hydrogens (tertiary/aromatic N) is 1. The third kappa shape index (κ3) is 5.30. The van der Waals surface area contributed by atoms with Gasteiger partial charge in [0.05, 0.1) is 4.90 Å². The number of rotatable bonds is 8. The van der Waals surface area contributed by atoms with Gasteiger partial charge in [-0.3, -0.25) is 9.59 Å². The van der Waals surface area contributed by atoms with Crippen molar-refractivity contribution in [2.45, 2.75) is 30.6 Å². The van der Waals surface area contributed by atoms with Crippen LogP contribution in [0.2, 0.25) is 0 Å². The summed E-state index contributed by atoms with van der Waals surface area (Å²) in [5, 5.41) is 4.47. The Kier molecular flexibility index (Phi) is 6.64. The number of hydrogen-bond donors (Lipinski definition) is 2. The molecule has 1 fully saturated rings. The molecule has 1 saturated heterocycles. The molecule has 150 valence electrons. The van der Waals surface area contributed by atoms with Gasteiger partial charge in [-0.25, -0.2) is 13.1 Å². The Morgan fingerprint density at radius 1 is 0.929 bits per heavy atom. The molecule has 0 atom stereocenters. The maximum Gasteiger partial charge on any atom is 0.240 e. The molecular formula is C20H25N3O4S. The zero-order chi connectivity index (χ0) is 20.0. The van der Waals surface area contributed by atoms with E-state index < -0.39 is 10.0 Å². The first-order chi connectivity index (χ1) is 13.5. The van der Waals surface area contributed by atoms with Crippen LogP contribution in [0.25, 0.3) is 10.8 Å². The largest absolute Gasteiger partial charge is 0.356 e. The fourth-order valence-electron chi connectivity index (χ4n) is 3.24. The number of sulfonamides is 1. The molecule has 0 spiro atoms. The summed E-state index contributed by atoms with van der Waals surface area (Å²) in [5.74, 6) is -0.231. The zero-order valence-corrected chi connectivity index (χ0v) is 16.5. The van der Waals surface area contributed by atoms with Crippen LogP contribution in [0.4, 0.5) is 0 Å². The summed E-state index contributed by atoms with van der Waals surface area (Å²) in [7, 11) is -3.68. The monoisotopic (exact) mass is 403 g/mol. The van der Waals surface area contributed by atoms with E-state index in [1.165, 1.54) is 0 Å². The molecule has 0 saturated carbocycles. The van der Waals surface area contributed by atoms with Crippen LogP contribution in [0.1, 0.15) is 25.7 Å². The van der Waals surface area contributed by atoms with Crippen LogP contribution in [0.15, 0.2) is 47.4 Å². The third-order valence-electron chi connectivity index (χ3n) is 4.80. The molecule has 1 heterocycles. The van der Waals surface area contributed by atoms with Gasteiger partial charge in [0.1, 0.15) is 0 Å². The average molecular weight is 404 g/mol. The Labute approximate surface area is 165 Å². The first-order valence-electron chi connectivity index (χ1n) is 9.49. The van der Waals surface area contributed by atoms with E-state index in [-0.39, 0.29) is 42.6 Å². The highest BCUT2D eigenvalue weighted by atomic mass is 32.2. The van der Waals surface area contributed by atoms with Gasteiger partial charge in [0.25, 0.3) is 0 Å². The Morgan fingerprint density at radius 3 is 2.39 bits per heavy atom. The van der Waals surface area contributed by atoms with Crippen molar-refractivity contribution in [3.05, 3.63) is 42.5 Å². The van der Waals surface area contributed by atoms with E-state index in [1.54, 1.807) is 18.2 Å². The molecule has 28 heavy (non-hydrogen) atoms. The lowest BCUT2D eigenvalue weighted by atomic mass is 10.1. The van der Waals surface area contributed by atoms with Crippen molar-refractivity contribution < 1.29 is 18.0 Å². The summed E-state index contributed by atoms with van der Waals surface area (Å²) in [6.07, 6.45) is 2.37. The first-order valence-corrected chi connectivity index (χ1v) is 11.0. The Bertz CT molecular complexity index is 953. The van der Waals surface area contributed by atoms with Gasteiger partial charge < -0.3 is 10.2 Å². The molecule has 3 rings (SSSR count). The van der Waals surface area contributed by atoms with Crippen molar-refractivity contribution in [1.82, 2.24) is 14.9 Å². The number of amides is 2. The Balaban J connectivity index is 1.42. The van der Waals surface area contributed by atoms with Gasteiger partial charge in [-0.15, -0.1) is 0 Å². The minimum absolute atomic E-state index is 0.00106. The predicted molar refractivity (Wildman–Crippen MR) is 107 cm³/mol. The normalized spacial score (nSPS) is 14.4. The van der Waals surface area contributed by atoms with E-state index in [1.807, 2.05) is 29.2 Å². The van der Waals surface area contributed by atoms with E-state index in [0.29, 0.717) is 0 Å². The zero-order valence-electron chi connectivity index (χ0n) is 15.7. The minimum atomic E-state index is -3.68. The van der Waals surface area contributed by atoms with Gasteiger partial charge in [-0.05, 0) is 35.7 Å². The van der Waals surface area contributed by atoms with Crippen molar-refractivity contribution in [3.63, 3.8) is 0 Å². The SMILES string of the molecule is O=C(CCNS(=O)(=O)c1ccc2ccccc2c1)NCCC(=O)N1CCCC1. The van der Waals surface area contributed by atoms with Gasteiger partial charge >= 0.3 is 0 Å². The number of nitrogens with one attached hydrogen (secondary N) is 2. The molecule has 1 aliphatic heterocycles. The van der Waals surface area contributed by atoms with Crippen LogP contribution in [0.3, 0.4) is 0 Å². The molecule has 2 N–H and O–H groups in total. The molecule has 0 aliphatic carbocycles. The van der Waals surface area contributed by atoms with Crippen LogP contribution in [-0.4, -0.2) is 51.3 Å². The van der Waals surface area contributed by atoms with E-state index >= 15 is 0 Å². The number of carbonyl (C=O) groups excluding carboxylic acids is 2. The molecular weight excluding hydrogens is 378 g/mol. The molecule has 0 aromatic heterocycles. The average Bonchev–Trinajstić information content (AvgIpc) is 3.22. The molecule has 2 aromatic carbocycles. The smallest absolute Gasteiger partial charge is 0.240 e. The maximum absolute atomic E-state index is 12.4. The van der Waals surface area contributed by atoms with Gasteiger partial charge in [0.2, 0.25) is 21.8 Å². The summed E-state index contributed by atoms with van der Waals surface area (Å²) < 4.78 is 27.3. The van der Waals surface area contributed by atoms with Crippen LogP contribution in [0, 0.1) is 0 Å². The van der Waals surface area contributed by atoms with Gasteiger partial charge in [0, 0.05) is 39.0 Å². The lowest BCUT2D eigenvalue weighted by molar-refractivity contribution is -0.130. The summed E-state index contributed by atoms with van der Waals surface area (Å²) in [5.41, 5.74) is 0. The number of benzene rings is 2. The number of fused-ring (bicyclic) bond motifs is 1. The van der Waals surface area contributed by atoms with Gasteiger partial charge in [-0.1, -0.05) is 30.3 Å². The minimum Gasteiger partial charge on any atom is -0.356 e. The highest BCUT2D eigenvalue weighted by Crippen LogP contribution is 2.18. The Hall–Kier alpha value is -2.45. The van der Waals surface area contributed by atoms with Gasteiger partial charge in [-0.2, -0.15) is 0 Å². The highest BCUT2D eigenvalue weighted by molar-refractivity contribution is 7.89. The summed E-state index contributed by atoms with van der Waals surface area (Å²) in [6, 6.07) is 12.4. The second kappa shape index (κ2) is 9.16. The summed E-state index contributed by atoms with van der Waals surface area (Å²) in [4.78, 5) is 25.8. The molecule has 8 heteroatoms. The molecule has 1 aliphatic rings.